The van der Waals surface area contributed by atoms with Gasteiger partial charge in [0.2, 0.25) is 0 Å². The van der Waals surface area contributed by atoms with E-state index in [4.69, 9.17) is 0 Å². The van der Waals surface area contributed by atoms with Crippen molar-refractivity contribution in [3.05, 3.63) is 197 Å². The Labute approximate surface area is 367 Å². The second-order valence-electron chi connectivity index (χ2n) is 22.0. The van der Waals surface area contributed by atoms with Gasteiger partial charge in [-0.15, -0.1) is 0 Å². The zero-order chi connectivity index (χ0) is 41.4. The van der Waals surface area contributed by atoms with Crippen molar-refractivity contribution in [1.82, 2.24) is 0 Å². The molecule has 2 bridgehead atoms. The van der Waals surface area contributed by atoms with E-state index in [-0.39, 0.29) is 10.8 Å². The maximum Gasteiger partial charge on any atom is 0.0726 e. The van der Waals surface area contributed by atoms with Crippen molar-refractivity contribution >= 4 is 17.1 Å². The topological polar surface area (TPSA) is 3.24 Å². The summed E-state index contributed by atoms with van der Waals surface area (Å²) in [5.74, 6) is 2.89. The summed E-state index contributed by atoms with van der Waals surface area (Å²) in [6.45, 7) is 9.82. The normalized spacial score (nSPS) is 27.3. The lowest BCUT2D eigenvalue weighted by Gasteiger charge is -2.73. The largest absolute Gasteiger partial charge is 0.310 e. The molecule has 62 heavy (non-hydrogen) atoms. The molecule has 0 aliphatic heterocycles. The number of hydrogen-bond donors (Lipinski definition) is 0. The van der Waals surface area contributed by atoms with Gasteiger partial charge < -0.3 is 4.90 Å². The summed E-state index contributed by atoms with van der Waals surface area (Å²) in [6, 6.07) is 61.8. The molecule has 5 atom stereocenters. The summed E-state index contributed by atoms with van der Waals surface area (Å²) < 4.78 is 0. The molecule has 0 N–H and O–H groups in total. The molecule has 0 aromatic heterocycles. The van der Waals surface area contributed by atoms with E-state index in [0.717, 1.165) is 17.8 Å². The van der Waals surface area contributed by atoms with Crippen LogP contribution in [0.25, 0.3) is 33.4 Å². The smallest absolute Gasteiger partial charge is 0.0726 e. The van der Waals surface area contributed by atoms with E-state index >= 15 is 0 Å². The molecule has 304 valence electrons. The van der Waals surface area contributed by atoms with Gasteiger partial charge in [-0.2, -0.15) is 0 Å². The van der Waals surface area contributed by atoms with Gasteiger partial charge in [0.05, 0.1) is 11.1 Å². The van der Waals surface area contributed by atoms with Crippen molar-refractivity contribution < 1.29 is 0 Å². The Morgan fingerprint density at radius 1 is 0.435 bits per heavy atom. The molecule has 7 aliphatic carbocycles. The van der Waals surface area contributed by atoms with Gasteiger partial charge in [-0.05, 0) is 182 Å². The maximum atomic E-state index is 2.63. The highest BCUT2D eigenvalue weighted by atomic mass is 15.1. The molecule has 1 heteroatoms. The number of nitrogens with zero attached hydrogens (tertiary/aromatic N) is 1. The third-order valence-corrected chi connectivity index (χ3v) is 18.6. The minimum atomic E-state index is -0.430. The van der Waals surface area contributed by atoms with Crippen molar-refractivity contribution in [1.29, 1.82) is 0 Å². The molecule has 0 radical (unpaired) electrons. The van der Waals surface area contributed by atoms with E-state index in [1.54, 1.807) is 5.56 Å². The summed E-state index contributed by atoms with van der Waals surface area (Å²) in [7, 11) is 0. The van der Waals surface area contributed by atoms with Crippen LogP contribution in [-0.4, -0.2) is 0 Å². The van der Waals surface area contributed by atoms with E-state index in [9.17, 15) is 0 Å². The van der Waals surface area contributed by atoms with Gasteiger partial charge in [-0.3, -0.25) is 0 Å². The first-order chi connectivity index (χ1) is 30.1. The van der Waals surface area contributed by atoms with Crippen LogP contribution in [0.2, 0.25) is 0 Å². The van der Waals surface area contributed by atoms with Crippen LogP contribution >= 0.6 is 0 Å². The van der Waals surface area contributed by atoms with Crippen molar-refractivity contribution in [2.24, 2.45) is 23.2 Å². The average Bonchev–Trinajstić information content (AvgIpc) is 3.99. The van der Waals surface area contributed by atoms with Gasteiger partial charge in [0.15, 0.2) is 0 Å². The molecule has 2 spiro atoms. The first-order valence-corrected chi connectivity index (χ1v) is 23.7. The summed E-state index contributed by atoms with van der Waals surface area (Å²) in [4.78, 5) is 2.60. The SMILES string of the molecule is CC1(C)CCC(C)(C)c2cc(-c3cc4c(cc3N(c3ccccc3)c3ccc(C56CC7CC8CC(C5)C86C7)cc3)C3(c5ccccc5-c5ccccc53)c3ccccc3-4)ccc21. The third kappa shape index (κ3) is 4.22. The van der Waals surface area contributed by atoms with E-state index in [1.807, 2.05) is 0 Å². The molecule has 14 rings (SSSR count). The predicted molar refractivity (Wildman–Crippen MR) is 256 cm³/mol. The van der Waals surface area contributed by atoms with Crippen LogP contribution in [0, 0.1) is 23.2 Å². The van der Waals surface area contributed by atoms with Crippen molar-refractivity contribution in [2.45, 2.75) is 94.3 Å². The zero-order valence-corrected chi connectivity index (χ0v) is 36.6. The molecular formula is C61H55N. The highest BCUT2D eigenvalue weighted by Gasteiger charge is 2.80. The van der Waals surface area contributed by atoms with Gasteiger partial charge in [0.1, 0.15) is 0 Å². The third-order valence-electron chi connectivity index (χ3n) is 18.6. The first-order valence-electron chi connectivity index (χ1n) is 23.7. The van der Waals surface area contributed by atoms with Crippen LogP contribution in [-0.2, 0) is 21.7 Å². The molecule has 0 amide bonds. The Morgan fingerprint density at radius 2 is 1.03 bits per heavy atom. The molecule has 7 aliphatic rings. The van der Waals surface area contributed by atoms with Crippen LogP contribution in [0.15, 0.2) is 158 Å². The van der Waals surface area contributed by atoms with Crippen molar-refractivity contribution in [3.8, 4) is 33.4 Å². The highest BCUT2D eigenvalue weighted by Crippen LogP contribution is 2.86. The molecule has 4 fully saturated rings. The van der Waals surface area contributed by atoms with E-state index < -0.39 is 5.41 Å². The minimum Gasteiger partial charge on any atom is -0.310 e. The molecule has 0 saturated heterocycles. The fourth-order valence-corrected chi connectivity index (χ4v) is 15.9. The lowest BCUT2D eigenvalue weighted by molar-refractivity contribution is -0.198. The molecular weight excluding hydrogens is 747 g/mol. The highest BCUT2D eigenvalue weighted by molar-refractivity contribution is 6.00. The number of para-hydroxylation sites is 1. The minimum absolute atomic E-state index is 0.0964. The maximum absolute atomic E-state index is 2.63. The fourth-order valence-electron chi connectivity index (χ4n) is 15.9. The van der Waals surface area contributed by atoms with Gasteiger partial charge in [0, 0.05) is 22.4 Å². The standard InChI is InChI=1S/C61H55N/c1-57(2)28-29-58(3,4)55-31-39(22-27-53(55)57)48-33-49-47-18-10-13-21-52(47)61(50-19-11-8-16-45(50)46-17-9-12-20-51(46)61)54(49)34-56(48)62(43-14-6-5-7-15-43)44-25-23-40(24-26-44)59-35-38-30-41-32-42(37-59)60(41,59)36-38/h5-27,31,33-34,38,41-42H,28-30,32,35-37H2,1-4H3. The molecule has 1 nitrogen and oxygen atoms in total. The van der Waals surface area contributed by atoms with E-state index in [0.29, 0.717) is 10.8 Å². The number of fused-ring (bicyclic) bond motifs is 12. The van der Waals surface area contributed by atoms with Gasteiger partial charge in [-0.1, -0.05) is 149 Å². The second-order valence-corrected chi connectivity index (χ2v) is 22.0. The number of rotatable bonds is 5. The van der Waals surface area contributed by atoms with Crippen LogP contribution < -0.4 is 4.90 Å². The van der Waals surface area contributed by atoms with E-state index in [1.165, 1.54) is 129 Å². The van der Waals surface area contributed by atoms with Gasteiger partial charge >= 0.3 is 0 Å². The summed E-state index contributed by atoms with van der Waals surface area (Å²) in [6.07, 6.45) is 9.70. The zero-order valence-electron chi connectivity index (χ0n) is 36.6. The van der Waals surface area contributed by atoms with Crippen molar-refractivity contribution in [3.63, 3.8) is 0 Å². The van der Waals surface area contributed by atoms with Crippen LogP contribution in [0.1, 0.15) is 112 Å². The predicted octanol–water partition coefficient (Wildman–Crippen LogP) is 15.6. The summed E-state index contributed by atoms with van der Waals surface area (Å²) in [5.41, 5.74) is 22.6. The average molecular weight is 802 g/mol. The van der Waals surface area contributed by atoms with Gasteiger partial charge in [0.25, 0.3) is 0 Å². The van der Waals surface area contributed by atoms with E-state index in [2.05, 4.69) is 190 Å². The Balaban J connectivity index is 1.04. The first kappa shape index (κ1) is 35.9. The molecule has 4 saturated carbocycles. The van der Waals surface area contributed by atoms with Crippen LogP contribution in [0.4, 0.5) is 17.1 Å². The molecule has 0 heterocycles. The number of hydrogen-bond acceptors (Lipinski definition) is 1. The molecule has 5 unspecified atom stereocenters. The van der Waals surface area contributed by atoms with Crippen LogP contribution in [0.3, 0.4) is 0 Å². The summed E-state index contributed by atoms with van der Waals surface area (Å²) in [5, 5.41) is 0. The van der Waals surface area contributed by atoms with Crippen molar-refractivity contribution in [2.75, 3.05) is 4.90 Å². The summed E-state index contributed by atoms with van der Waals surface area (Å²) >= 11 is 0. The quantitative estimate of drug-likeness (QED) is 0.168. The second kappa shape index (κ2) is 11.9. The molecule has 7 aromatic rings. The number of anilines is 3. The Morgan fingerprint density at radius 3 is 1.68 bits per heavy atom. The van der Waals surface area contributed by atoms with Crippen LogP contribution in [0.5, 0.6) is 0 Å². The Hall–Kier alpha value is -5.66. The lowest BCUT2D eigenvalue weighted by Crippen LogP contribution is -2.68. The lowest BCUT2D eigenvalue weighted by atomic mass is 9.31. The fraction of sp³-hybridized carbons (Fsp3) is 0.311. The Bertz CT molecular complexity index is 2990. The molecule has 7 aromatic carbocycles. The number of benzene rings is 7. The Kier molecular flexibility index (Phi) is 6.87. The monoisotopic (exact) mass is 801 g/mol. The van der Waals surface area contributed by atoms with Gasteiger partial charge in [-0.25, -0.2) is 0 Å².